The summed E-state index contributed by atoms with van der Waals surface area (Å²) in [5.41, 5.74) is 6.93. The van der Waals surface area contributed by atoms with Crippen LogP contribution < -0.4 is 0 Å². The molecular formula is C22H19NS. The van der Waals surface area contributed by atoms with Gasteiger partial charge in [0.25, 0.3) is 0 Å². The molecule has 1 nitrogen and oxygen atoms in total. The number of unbranched alkanes of at least 4 members (excludes halogenated alkanes) is 1. The number of aryl methyl sites for hydroxylation is 1. The second-order valence-corrected chi connectivity index (χ2v) is 6.17. The van der Waals surface area contributed by atoms with Gasteiger partial charge in [0.2, 0.25) is 0 Å². The van der Waals surface area contributed by atoms with Gasteiger partial charge in [0, 0.05) is 17.6 Å². The van der Waals surface area contributed by atoms with Gasteiger partial charge < -0.3 is 0 Å². The van der Waals surface area contributed by atoms with Crippen LogP contribution in [0, 0.1) is 11.8 Å². The number of thiocarbonyl (C=S) groups is 1. The number of fused-ring (bicyclic) bond motifs is 1. The van der Waals surface area contributed by atoms with Crippen molar-refractivity contribution in [2.75, 3.05) is 0 Å². The highest BCUT2D eigenvalue weighted by Crippen LogP contribution is 2.28. The van der Waals surface area contributed by atoms with Crippen molar-refractivity contribution in [3.8, 4) is 11.8 Å². The fourth-order valence-corrected chi connectivity index (χ4v) is 2.93. The molecule has 0 atom stereocenters. The van der Waals surface area contributed by atoms with Gasteiger partial charge in [-0.15, -0.1) is 0 Å². The van der Waals surface area contributed by atoms with Crippen LogP contribution in [0.25, 0.3) is 6.08 Å². The van der Waals surface area contributed by atoms with Crippen molar-refractivity contribution in [2.24, 2.45) is 4.99 Å². The third-order valence-electron chi connectivity index (χ3n) is 4.15. The molecule has 0 saturated heterocycles. The summed E-state index contributed by atoms with van der Waals surface area (Å²) in [6, 6.07) is 14.7. The van der Waals surface area contributed by atoms with Crippen LogP contribution in [0.5, 0.6) is 0 Å². The van der Waals surface area contributed by atoms with E-state index in [0.29, 0.717) is 0 Å². The minimum Gasteiger partial charge on any atom is -0.195 e. The molecule has 2 aromatic carbocycles. The largest absolute Gasteiger partial charge is 0.195 e. The number of hydrogen-bond acceptors (Lipinski definition) is 2. The number of aliphatic imine (C=N–C) groups is 1. The lowest BCUT2D eigenvalue weighted by Crippen LogP contribution is -1.85. The van der Waals surface area contributed by atoms with Crippen molar-refractivity contribution in [3.63, 3.8) is 0 Å². The predicted molar refractivity (Wildman–Crippen MR) is 105 cm³/mol. The van der Waals surface area contributed by atoms with E-state index < -0.39 is 0 Å². The number of isothiocyanates is 1. The molecule has 0 aromatic heterocycles. The summed E-state index contributed by atoms with van der Waals surface area (Å²) in [7, 11) is 0. The van der Waals surface area contributed by atoms with Crippen LogP contribution in [0.3, 0.4) is 0 Å². The van der Waals surface area contributed by atoms with Crippen LogP contribution in [-0.2, 0) is 12.8 Å². The summed E-state index contributed by atoms with van der Waals surface area (Å²) in [4.78, 5) is 4.04. The maximum Gasteiger partial charge on any atom is 0.0742 e. The smallest absolute Gasteiger partial charge is 0.0742 e. The maximum absolute atomic E-state index is 4.66. The first kappa shape index (κ1) is 16.4. The normalized spacial score (nSPS) is 11.8. The second-order valence-electron chi connectivity index (χ2n) is 5.98. The molecule has 24 heavy (non-hydrogen) atoms. The number of hydrogen-bond donors (Lipinski definition) is 0. The van der Waals surface area contributed by atoms with E-state index in [2.05, 4.69) is 83.6 Å². The maximum atomic E-state index is 4.66. The second kappa shape index (κ2) is 7.88. The molecule has 118 valence electrons. The summed E-state index contributed by atoms with van der Waals surface area (Å²) in [5.74, 6) is 6.58. The third-order valence-corrected chi connectivity index (χ3v) is 4.24. The molecule has 0 aliphatic heterocycles. The van der Waals surface area contributed by atoms with Crippen LogP contribution in [0.4, 0.5) is 5.69 Å². The Morgan fingerprint density at radius 3 is 2.67 bits per heavy atom. The third kappa shape index (κ3) is 4.09. The van der Waals surface area contributed by atoms with E-state index in [1.807, 2.05) is 6.07 Å². The molecule has 0 spiro atoms. The highest BCUT2D eigenvalue weighted by atomic mass is 32.1. The van der Waals surface area contributed by atoms with Gasteiger partial charge in [0.05, 0.1) is 10.8 Å². The number of rotatable bonds is 4. The Morgan fingerprint density at radius 2 is 1.92 bits per heavy atom. The van der Waals surface area contributed by atoms with Gasteiger partial charge in [0.15, 0.2) is 0 Å². The molecule has 0 heterocycles. The Kier molecular flexibility index (Phi) is 5.39. The van der Waals surface area contributed by atoms with Gasteiger partial charge in [0.1, 0.15) is 0 Å². The fourth-order valence-electron chi connectivity index (χ4n) is 2.82. The molecule has 0 saturated carbocycles. The zero-order valence-corrected chi connectivity index (χ0v) is 14.6. The summed E-state index contributed by atoms with van der Waals surface area (Å²) >= 11 is 4.66. The van der Waals surface area contributed by atoms with Gasteiger partial charge in [-0.3, -0.25) is 0 Å². The van der Waals surface area contributed by atoms with Gasteiger partial charge in [-0.2, -0.15) is 4.99 Å². The molecule has 3 rings (SSSR count). The standard InChI is InChI=1S/C22H19NS/c1-2-3-4-17-5-7-18(8-6-17)9-10-19-13-20-11-12-22(23-16-24)15-21(20)14-19/h5-8,11-13,15H,2-4,14H2,1H3. The summed E-state index contributed by atoms with van der Waals surface area (Å²) < 4.78 is 0. The fraction of sp³-hybridized carbons (Fsp3) is 0.227. The van der Waals surface area contributed by atoms with Crippen molar-refractivity contribution < 1.29 is 0 Å². The molecule has 0 N–H and O–H groups in total. The Labute approximate surface area is 149 Å². The minimum absolute atomic E-state index is 0.856. The number of benzene rings is 2. The first-order valence-electron chi connectivity index (χ1n) is 8.31. The molecule has 2 aromatic rings. The molecule has 0 amide bonds. The Morgan fingerprint density at radius 1 is 1.08 bits per heavy atom. The number of nitrogens with zero attached hydrogens (tertiary/aromatic N) is 1. The topological polar surface area (TPSA) is 12.4 Å². The molecule has 2 heteroatoms. The number of allylic oxidation sites excluding steroid dienone is 1. The molecule has 0 fully saturated rings. The lowest BCUT2D eigenvalue weighted by atomic mass is 10.1. The molecule has 1 aliphatic carbocycles. The average molecular weight is 329 g/mol. The van der Waals surface area contributed by atoms with Crippen molar-refractivity contribution >= 4 is 29.1 Å². The van der Waals surface area contributed by atoms with E-state index in [0.717, 1.165) is 29.7 Å². The van der Waals surface area contributed by atoms with Crippen LogP contribution in [0.2, 0.25) is 0 Å². The van der Waals surface area contributed by atoms with Crippen LogP contribution >= 0.6 is 12.2 Å². The molecule has 0 radical (unpaired) electrons. The van der Waals surface area contributed by atoms with E-state index in [-0.39, 0.29) is 0 Å². The van der Waals surface area contributed by atoms with E-state index in [1.54, 1.807) is 0 Å². The predicted octanol–water partition coefficient (Wildman–Crippen LogP) is 5.75. The first-order valence-corrected chi connectivity index (χ1v) is 8.71. The van der Waals surface area contributed by atoms with Crippen molar-refractivity contribution in [1.82, 2.24) is 0 Å². The molecule has 1 aliphatic rings. The van der Waals surface area contributed by atoms with Gasteiger partial charge in [-0.25, -0.2) is 0 Å². The Hall–Kier alpha value is -2.46. The lowest BCUT2D eigenvalue weighted by Gasteiger charge is -1.99. The Balaban J connectivity index is 1.70. The first-order chi connectivity index (χ1) is 11.8. The summed E-state index contributed by atoms with van der Waals surface area (Å²) in [6.45, 7) is 2.22. The highest BCUT2D eigenvalue weighted by Gasteiger charge is 2.11. The van der Waals surface area contributed by atoms with Crippen LogP contribution in [-0.4, -0.2) is 5.16 Å². The molecular weight excluding hydrogens is 310 g/mol. The van der Waals surface area contributed by atoms with E-state index >= 15 is 0 Å². The monoisotopic (exact) mass is 329 g/mol. The molecule has 0 bridgehead atoms. The van der Waals surface area contributed by atoms with Crippen molar-refractivity contribution in [3.05, 3.63) is 70.3 Å². The Bertz CT molecular complexity index is 872. The van der Waals surface area contributed by atoms with Gasteiger partial charge >= 0.3 is 0 Å². The quantitative estimate of drug-likeness (QED) is 0.395. The zero-order chi connectivity index (χ0) is 16.8. The van der Waals surface area contributed by atoms with Crippen molar-refractivity contribution in [1.29, 1.82) is 0 Å². The summed E-state index contributed by atoms with van der Waals surface area (Å²) in [5, 5.41) is 2.41. The zero-order valence-electron chi connectivity index (χ0n) is 13.8. The lowest BCUT2D eigenvalue weighted by molar-refractivity contribution is 0.795. The SMILES string of the molecule is CCCCc1ccc(C#CC2=Cc3ccc(N=C=S)cc3C2)cc1. The van der Waals surface area contributed by atoms with Crippen LogP contribution in [0.15, 0.2) is 53.0 Å². The molecule has 0 unspecified atom stereocenters. The minimum atomic E-state index is 0.856. The highest BCUT2D eigenvalue weighted by molar-refractivity contribution is 7.78. The van der Waals surface area contributed by atoms with E-state index in [9.17, 15) is 0 Å². The average Bonchev–Trinajstić information content (AvgIpc) is 3.01. The van der Waals surface area contributed by atoms with E-state index in [1.165, 1.54) is 29.5 Å². The van der Waals surface area contributed by atoms with E-state index in [4.69, 9.17) is 0 Å². The van der Waals surface area contributed by atoms with Gasteiger partial charge in [-0.05, 0) is 72.1 Å². The summed E-state index contributed by atoms with van der Waals surface area (Å²) in [6.07, 6.45) is 6.64. The van der Waals surface area contributed by atoms with Crippen LogP contribution in [0.1, 0.15) is 42.0 Å². The van der Waals surface area contributed by atoms with Gasteiger partial charge in [-0.1, -0.05) is 43.4 Å². The van der Waals surface area contributed by atoms with Crippen molar-refractivity contribution in [2.45, 2.75) is 32.6 Å².